The molecule has 8 nitrogen and oxygen atoms in total. The van der Waals surface area contributed by atoms with Gasteiger partial charge in [0.25, 0.3) is 5.91 Å². The zero-order valence-corrected chi connectivity index (χ0v) is 17.4. The van der Waals surface area contributed by atoms with Crippen LogP contribution in [0.4, 0.5) is 0 Å². The van der Waals surface area contributed by atoms with Crippen LogP contribution in [0.25, 0.3) is 0 Å². The minimum absolute atomic E-state index is 0.0202. The average molecular weight is 425 g/mol. The third-order valence-corrected chi connectivity index (χ3v) is 7.35. The van der Waals surface area contributed by atoms with Gasteiger partial charge in [-0.3, -0.25) is 4.79 Å². The Kier molecular flexibility index (Phi) is 7.26. The largest absolute Gasteiger partial charge is 0.452 e. The van der Waals surface area contributed by atoms with Gasteiger partial charge in [0, 0.05) is 25.7 Å². The summed E-state index contributed by atoms with van der Waals surface area (Å²) in [5.74, 6) is -1.07. The van der Waals surface area contributed by atoms with Crippen LogP contribution in [0, 0.1) is 0 Å². The minimum atomic E-state index is -3.59. The van der Waals surface area contributed by atoms with Crippen LogP contribution in [0.2, 0.25) is 0 Å². The number of nitrogens with zero attached hydrogens (tertiary/aromatic N) is 1. The molecule has 1 amide bonds. The Balaban J connectivity index is 1.52. The van der Waals surface area contributed by atoms with E-state index < -0.39 is 28.5 Å². The summed E-state index contributed by atoms with van der Waals surface area (Å²) in [5, 5.41) is 2.67. The lowest BCUT2D eigenvalue weighted by Gasteiger charge is -2.32. The molecular weight excluding hydrogens is 396 g/mol. The Morgan fingerprint density at radius 3 is 2.59 bits per heavy atom. The Morgan fingerprint density at radius 2 is 1.93 bits per heavy atom. The molecule has 0 unspecified atom stereocenters. The van der Waals surface area contributed by atoms with Gasteiger partial charge in [-0.2, -0.15) is 4.31 Å². The zero-order chi connectivity index (χ0) is 20.9. The van der Waals surface area contributed by atoms with E-state index in [-0.39, 0.29) is 22.6 Å². The molecule has 2 aliphatic heterocycles. The van der Waals surface area contributed by atoms with Crippen molar-refractivity contribution in [2.45, 2.75) is 56.1 Å². The molecule has 0 aliphatic carbocycles. The number of esters is 1. The van der Waals surface area contributed by atoms with E-state index in [0.29, 0.717) is 19.7 Å². The summed E-state index contributed by atoms with van der Waals surface area (Å²) in [6.07, 6.45) is 4.64. The van der Waals surface area contributed by atoms with E-state index in [9.17, 15) is 18.0 Å². The second kappa shape index (κ2) is 9.69. The molecule has 1 N–H and O–H groups in total. The number of ether oxygens (including phenoxy) is 2. The maximum absolute atomic E-state index is 12.8. The van der Waals surface area contributed by atoms with Crippen molar-refractivity contribution in [3.63, 3.8) is 0 Å². The summed E-state index contributed by atoms with van der Waals surface area (Å²) in [4.78, 5) is 24.1. The van der Waals surface area contributed by atoms with Gasteiger partial charge in [0.05, 0.1) is 16.6 Å². The van der Waals surface area contributed by atoms with Crippen LogP contribution in [0.3, 0.4) is 0 Å². The van der Waals surface area contributed by atoms with Gasteiger partial charge in [-0.05, 0) is 56.9 Å². The van der Waals surface area contributed by atoms with Crippen LogP contribution >= 0.6 is 0 Å². The predicted octanol–water partition coefficient (Wildman–Crippen LogP) is 1.70. The minimum Gasteiger partial charge on any atom is -0.452 e. The van der Waals surface area contributed by atoms with Crippen molar-refractivity contribution in [1.82, 2.24) is 9.62 Å². The van der Waals surface area contributed by atoms with E-state index in [1.807, 2.05) is 6.92 Å². The number of benzene rings is 1. The van der Waals surface area contributed by atoms with E-state index >= 15 is 0 Å². The van der Waals surface area contributed by atoms with Crippen molar-refractivity contribution < 1.29 is 27.5 Å². The molecule has 0 aromatic heterocycles. The summed E-state index contributed by atoms with van der Waals surface area (Å²) >= 11 is 0. The van der Waals surface area contributed by atoms with Crippen molar-refractivity contribution in [3.05, 3.63) is 29.8 Å². The zero-order valence-electron chi connectivity index (χ0n) is 16.6. The number of piperidine rings is 1. The molecule has 2 heterocycles. The van der Waals surface area contributed by atoms with Gasteiger partial charge in [-0.15, -0.1) is 0 Å². The molecule has 3 rings (SSSR count). The van der Waals surface area contributed by atoms with Crippen LogP contribution in [-0.4, -0.2) is 63.0 Å². The van der Waals surface area contributed by atoms with Crippen LogP contribution in [0.1, 0.15) is 49.4 Å². The van der Waals surface area contributed by atoms with Crippen LogP contribution in [0.5, 0.6) is 0 Å². The van der Waals surface area contributed by atoms with Crippen molar-refractivity contribution in [2.24, 2.45) is 0 Å². The first-order valence-electron chi connectivity index (χ1n) is 10.1. The lowest BCUT2D eigenvalue weighted by Crippen LogP contribution is -2.41. The number of hydrogen-bond acceptors (Lipinski definition) is 6. The molecule has 9 heteroatoms. The second-order valence-corrected chi connectivity index (χ2v) is 9.39. The smallest absolute Gasteiger partial charge is 0.338 e. The molecule has 0 radical (unpaired) electrons. The van der Waals surface area contributed by atoms with Crippen molar-refractivity contribution in [1.29, 1.82) is 0 Å². The second-order valence-electron chi connectivity index (χ2n) is 7.50. The van der Waals surface area contributed by atoms with E-state index in [4.69, 9.17) is 9.47 Å². The van der Waals surface area contributed by atoms with E-state index in [1.54, 1.807) is 0 Å². The standard InChI is InChI=1S/C20H28N2O6S/c1-15-5-2-3-11-22(15)29(25,26)18-9-7-16(8-10-18)20(24)28-14-19(23)21-13-17-6-4-12-27-17/h7-10,15,17H,2-6,11-14H2,1H3,(H,21,23)/t15-,17+/m1/s1. The molecule has 2 atom stereocenters. The van der Waals surface area contributed by atoms with Gasteiger partial charge >= 0.3 is 5.97 Å². The van der Waals surface area contributed by atoms with E-state index in [2.05, 4.69) is 5.32 Å². The first-order chi connectivity index (χ1) is 13.9. The quantitative estimate of drug-likeness (QED) is 0.669. The van der Waals surface area contributed by atoms with E-state index in [1.165, 1.54) is 28.6 Å². The Morgan fingerprint density at radius 1 is 1.17 bits per heavy atom. The monoisotopic (exact) mass is 424 g/mol. The first-order valence-corrected chi connectivity index (χ1v) is 11.5. The van der Waals surface area contributed by atoms with Crippen molar-refractivity contribution >= 4 is 21.9 Å². The summed E-state index contributed by atoms with van der Waals surface area (Å²) < 4.78 is 37.6. The molecule has 2 fully saturated rings. The lowest BCUT2D eigenvalue weighted by atomic mass is 10.1. The highest BCUT2D eigenvalue weighted by Crippen LogP contribution is 2.25. The Bertz CT molecular complexity index is 818. The number of hydrogen-bond donors (Lipinski definition) is 1. The molecule has 0 spiro atoms. The van der Waals surface area contributed by atoms with Gasteiger partial charge in [0.15, 0.2) is 6.61 Å². The van der Waals surface area contributed by atoms with E-state index in [0.717, 1.165) is 32.1 Å². The molecule has 2 saturated heterocycles. The molecule has 1 aromatic carbocycles. The maximum Gasteiger partial charge on any atom is 0.338 e. The molecule has 0 bridgehead atoms. The van der Waals surface area contributed by atoms with Crippen LogP contribution in [-0.2, 0) is 24.3 Å². The molecule has 0 saturated carbocycles. The highest BCUT2D eigenvalue weighted by molar-refractivity contribution is 7.89. The topological polar surface area (TPSA) is 102 Å². The molecule has 1 aromatic rings. The number of amides is 1. The predicted molar refractivity (Wildman–Crippen MR) is 106 cm³/mol. The maximum atomic E-state index is 12.8. The number of nitrogens with one attached hydrogen (secondary N) is 1. The Hall–Kier alpha value is -1.97. The van der Waals surface area contributed by atoms with Gasteiger partial charge < -0.3 is 14.8 Å². The average Bonchev–Trinajstić information content (AvgIpc) is 3.24. The van der Waals surface area contributed by atoms with Gasteiger partial charge in [-0.1, -0.05) is 6.42 Å². The summed E-state index contributed by atoms with van der Waals surface area (Å²) in [6, 6.07) is 5.60. The third kappa shape index (κ3) is 5.55. The molecule has 2 aliphatic rings. The summed E-state index contributed by atoms with van der Waals surface area (Å²) in [6.45, 7) is 3.13. The lowest BCUT2D eigenvalue weighted by molar-refractivity contribution is -0.124. The summed E-state index contributed by atoms with van der Waals surface area (Å²) in [7, 11) is -3.59. The first kappa shape index (κ1) is 21.7. The number of carbonyl (C=O) groups is 2. The van der Waals surface area contributed by atoms with Crippen LogP contribution < -0.4 is 5.32 Å². The van der Waals surface area contributed by atoms with Gasteiger partial charge in [-0.25, -0.2) is 13.2 Å². The molecule has 160 valence electrons. The number of rotatable bonds is 7. The summed E-state index contributed by atoms with van der Waals surface area (Å²) in [5.41, 5.74) is 0.197. The number of sulfonamides is 1. The normalized spacial score (nSPS) is 22.9. The van der Waals surface area contributed by atoms with Crippen molar-refractivity contribution in [2.75, 3.05) is 26.3 Å². The SMILES string of the molecule is C[C@@H]1CCCCN1S(=O)(=O)c1ccc(C(=O)OCC(=O)NC[C@@H]2CCCO2)cc1. The number of carbonyl (C=O) groups excluding carboxylic acids is 2. The van der Waals surface area contributed by atoms with Crippen LogP contribution in [0.15, 0.2) is 29.2 Å². The fraction of sp³-hybridized carbons (Fsp3) is 0.600. The molecule has 29 heavy (non-hydrogen) atoms. The Labute approximate surface area is 171 Å². The fourth-order valence-electron chi connectivity index (χ4n) is 3.63. The highest BCUT2D eigenvalue weighted by Gasteiger charge is 2.31. The highest BCUT2D eigenvalue weighted by atomic mass is 32.2. The fourth-order valence-corrected chi connectivity index (χ4v) is 5.33. The van der Waals surface area contributed by atoms with Crippen molar-refractivity contribution in [3.8, 4) is 0 Å². The van der Waals surface area contributed by atoms with Gasteiger partial charge in [0.1, 0.15) is 0 Å². The van der Waals surface area contributed by atoms with Gasteiger partial charge in [0.2, 0.25) is 10.0 Å². The third-order valence-electron chi connectivity index (χ3n) is 5.32. The molecular formula is C20H28N2O6S.